The minimum Gasteiger partial charge on any atom is -0.375 e. The van der Waals surface area contributed by atoms with Crippen molar-refractivity contribution < 1.29 is 13.2 Å². The second-order valence-corrected chi connectivity index (χ2v) is 7.37. The number of carbonyl (C=O) groups excluding carboxylic acids is 1. The van der Waals surface area contributed by atoms with Crippen molar-refractivity contribution in [1.82, 2.24) is 14.6 Å². The molecule has 9 heteroatoms. The van der Waals surface area contributed by atoms with Gasteiger partial charge in [0.05, 0.1) is 5.69 Å². The Morgan fingerprint density at radius 3 is 2.79 bits per heavy atom. The van der Waals surface area contributed by atoms with Crippen molar-refractivity contribution in [2.75, 3.05) is 18.8 Å². The molecule has 0 spiro atoms. The monoisotopic (exact) mass is 304 g/mol. The van der Waals surface area contributed by atoms with Crippen molar-refractivity contribution in [3.8, 4) is 0 Å². The number of aryl methyl sites for hydroxylation is 1. The van der Waals surface area contributed by atoms with Crippen molar-refractivity contribution >= 4 is 32.4 Å². The lowest BCUT2D eigenvalue weighted by molar-refractivity contribution is -0.126. The van der Waals surface area contributed by atoms with Crippen LogP contribution >= 0.6 is 11.3 Å². The van der Waals surface area contributed by atoms with Crippen LogP contribution in [0.25, 0.3) is 0 Å². The van der Waals surface area contributed by atoms with Crippen LogP contribution in [0.15, 0.2) is 4.21 Å². The Bertz CT molecular complexity index is 596. The Morgan fingerprint density at radius 1 is 1.58 bits per heavy atom. The number of nitrogens with one attached hydrogen (secondary N) is 1. The Labute approximate surface area is 115 Å². The van der Waals surface area contributed by atoms with E-state index in [9.17, 15) is 13.2 Å². The molecule has 0 bridgehead atoms. The number of nitrogens with zero attached hydrogens (tertiary/aromatic N) is 2. The van der Waals surface area contributed by atoms with Crippen LogP contribution < -0.4 is 11.1 Å². The first-order valence-corrected chi connectivity index (χ1v) is 8.16. The van der Waals surface area contributed by atoms with Crippen molar-refractivity contribution in [1.29, 1.82) is 0 Å². The van der Waals surface area contributed by atoms with E-state index in [1.54, 1.807) is 13.8 Å². The first kappa shape index (κ1) is 14.2. The zero-order valence-corrected chi connectivity index (χ0v) is 12.3. The molecule has 106 valence electrons. The predicted octanol–water partition coefficient (Wildman–Crippen LogP) is -0.0672. The highest BCUT2D eigenvalue weighted by atomic mass is 32.2. The topological polar surface area (TPSA) is 105 Å². The molecule has 1 saturated heterocycles. The Balaban J connectivity index is 2.43. The molecule has 0 aromatic carbocycles. The molecule has 0 aliphatic carbocycles. The predicted molar refractivity (Wildman–Crippen MR) is 72.2 cm³/mol. The van der Waals surface area contributed by atoms with Crippen LogP contribution in [-0.2, 0) is 14.8 Å². The van der Waals surface area contributed by atoms with Gasteiger partial charge in [-0.3, -0.25) is 4.79 Å². The van der Waals surface area contributed by atoms with Gasteiger partial charge in [-0.2, -0.15) is 4.31 Å². The summed E-state index contributed by atoms with van der Waals surface area (Å²) in [5, 5.41) is 2.89. The molecule has 0 radical (unpaired) electrons. The molecule has 2 heterocycles. The second kappa shape index (κ2) is 5.06. The standard InChI is InChI=1S/C10H16N4O3S2/c1-3-7-8(15)12-4-5-14(7)19(16,17)9-6(2)13-10(11)18-9/h7H,3-5H2,1-2H3,(H2,11,13)(H,12,15). The Hall–Kier alpha value is -1.19. The summed E-state index contributed by atoms with van der Waals surface area (Å²) < 4.78 is 26.6. The number of carbonyl (C=O) groups is 1. The molecule has 1 aromatic heterocycles. The average Bonchev–Trinajstić information content (AvgIpc) is 2.68. The first-order chi connectivity index (χ1) is 8.87. The lowest BCUT2D eigenvalue weighted by atomic mass is 10.2. The van der Waals surface area contributed by atoms with Gasteiger partial charge in [0, 0.05) is 13.1 Å². The fourth-order valence-electron chi connectivity index (χ4n) is 2.12. The largest absolute Gasteiger partial charge is 0.375 e. The second-order valence-electron chi connectivity index (χ2n) is 4.26. The number of amides is 1. The highest BCUT2D eigenvalue weighted by Crippen LogP contribution is 2.30. The zero-order chi connectivity index (χ0) is 14.2. The van der Waals surface area contributed by atoms with Crippen LogP contribution in [0.1, 0.15) is 19.0 Å². The maximum Gasteiger partial charge on any atom is 0.255 e. The van der Waals surface area contributed by atoms with Crippen LogP contribution in [0.2, 0.25) is 0 Å². The van der Waals surface area contributed by atoms with Crippen LogP contribution in [0, 0.1) is 6.92 Å². The number of hydrogen-bond donors (Lipinski definition) is 2. The summed E-state index contributed by atoms with van der Waals surface area (Å²) in [6.07, 6.45) is 0.429. The normalized spacial score (nSPS) is 21.4. The summed E-state index contributed by atoms with van der Waals surface area (Å²) in [4.78, 5) is 15.7. The van der Waals surface area contributed by atoms with Gasteiger partial charge >= 0.3 is 0 Å². The van der Waals surface area contributed by atoms with Crippen LogP contribution in [0.4, 0.5) is 5.13 Å². The molecular weight excluding hydrogens is 288 g/mol. The van der Waals surface area contributed by atoms with Gasteiger partial charge in [-0.25, -0.2) is 13.4 Å². The van der Waals surface area contributed by atoms with Gasteiger partial charge in [-0.05, 0) is 13.3 Å². The van der Waals surface area contributed by atoms with E-state index >= 15 is 0 Å². The van der Waals surface area contributed by atoms with Crippen LogP contribution in [0.3, 0.4) is 0 Å². The third-order valence-corrected chi connectivity index (χ3v) is 6.46. The number of nitrogens with two attached hydrogens (primary N) is 1. The van der Waals surface area contributed by atoms with Crippen LogP contribution in [0.5, 0.6) is 0 Å². The number of thiazole rings is 1. The molecule has 2 rings (SSSR count). The molecule has 3 N–H and O–H groups in total. The van der Waals surface area contributed by atoms with Gasteiger partial charge in [0.1, 0.15) is 6.04 Å². The highest BCUT2D eigenvalue weighted by Gasteiger charge is 2.39. The number of piperazine rings is 1. The highest BCUT2D eigenvalue weighted by molar-refractivity contribution is 7.91. The summed E-state index contributed by atoms with van der Waals surface area (Å²) in [7, 11) is -3.72. The molecule has 7 nitrogen and oxygen atoms in total. The van der Waals surface area contributed by atoms with Gasteiger partial charge in [0.2, 0.25) is 5.91 Å². The van der Waals surface area contributed by atoms with Crippen molar-refractivity contribution in [2.24, 2.45) is 0 Å². The third kappa shape index (κ3) is 2.45. The molecule has 1 atom stereocenters. The van der Waals surface area contributed by atoms with Gasteiger partial charge < -0.3 is 11.1 Å². The number of anilines is 1. The third-order valence-electron chi connectivity index (χ3n) is 2.98. The Kier molecular flexibility index (Phi) is 3.79. The summed E-state index contributed by atoms with van der Waals surface area (Å²) in [6, 6.07) is -0.665. The summed E-state index contributed by atoms with van der Waals surface area (Å²) in [6.45, 7) is 3.97. The molecule has 19 heavy (non-hydrogen) atoms. The lowest BCUT2D eigenvalue weighted by Gasteiger charge is -2.33. The van der Waals surface area contributed by atoms with Crippen molar-refractivity contribution in [3.05, 3.63) is 5.69 Å². The van der Waals surface area contributed by atoms with Gasteiger partial charge in [0.25, 0.3) is 10.0 Å². The van der Waals surface area contributed by atoms with E-state index in [2.05, 4.69) is 10.3 Å². The average molecular weight is 304 g/mol. The fourth-order valence-corrected chi connectivity index (χ4v) is 5.19. The molecule has 1 fully saturated rings. The summed E-state index contributed by atoms with van der Waals surface area (Å²) in [5.74, 6) is -0.257. The maximum absolute atomic E-state index is 12.6. The minimum absolute atomic E-state index is 0.123. The van der Waals surface area contributed by atoms with E-state index in [1.807, 2.05) is 0 Å². The van der Waals surface area contributed by atoms with E-state index in [0.717, 1.165) is 11.3 Å². The van der Waals surface area contributed by atoms with Crippen molar-refractivity contribution in [3.63, 3.8) is 0 Å². The number of rotatable bonds is 3. The van der Waals surface area contributed by atoms with Gasteiger partial charge in [-0.1, -0.05) is 18.3 Å². The molecule has 1 aromatic rings. The summed E-state index contributed by atoms with van der Waals surface area (Å²) >= 11 is 0.934. The molecule has 1 aliphatic rings. The van der Waals surface area contributed by atoms with Crippen molar-refractivity contribution in [2.45, 2.75) is 30.5 Å². The van der Waals surface area contributed by atoms with E-state index in [4.69, 9.17) is 5.73 Å². The maximum atomic E-state index is 12.6. The molecular formula is C10H16N4O3S2. The number of hydrogen-bond acceptors (Lipinski definition) is 6. The SMILES string of the molecule is CCC1C(=O)NCCN1S(=O)(=O)c1sc(N)nc1C. The van der Waals surface area contributed by atoms with Crippen LogP contribution in [-0.4, -0.2) is 42.7 Å². The molecule has 1 aliphatic heterocycles. The Morgan fingerprint density at radius 2 is 2.26 bits per heavy atom. The van der Waals surface area contributed by atoms with E-state index in [0.29, 0.717) is 18.7 Å². The number of aromatic nitrogens is 1. The molecule has 0 saturated carbocycles. The quantitative estimate of drug-likeness (QED) is 0.813. The molecule has 1 unspecified atom stereocenters. The molecule has 1 amide bonds. The smallest absolute Gasteiger partial charge is 0.255 e. The number of sulfonamides is 1. The number of nitrogen functional groups attached to an aromatic ring is 1. The van der Waals surface area contributed by atoms with E-state index in [-0.39, 0.29) is 21.8 Å². The van der Waals surface area contributed by atoms with Gasteiger partial charge in [-0.15, -0.1) is 0 Å². The zero-order valence-electron chi connectivity index (χ0n) is 10.7. The van der Waals surface area contributed by atoms with Gasteiger partial charge in [0.15, 0.2) is 9.34 Å². The fraction of sp³-hybridized carbons (Fsp3) is 0.600. The first-order valence-electron chi connectivity index (χ1n) is 5.90. The summed E-state index contributed by atoms with van der Waals surface area (Å²) in [5.41, 5.74) is 5.92. The van der Waals surface area contributed by atoms with E-state index in [1.165, 1.54) is 4.31 Å². The minimum atomic E-state index is -3.72. The lowest BCUT2D eigenvalue weighted by Crippen LogP contribution is -2.56. The van der Waals surface area contributed by atoms with E-state index < -0.39 is 16.1 Å².